The Morgan fingerprint density at radius 1 is 1.21 bits per heavy atom. The van der Waals surface area contributed by atoms with Gasteiger partial charge in [0.2, 0.25) is 5.82 Å². The van der Waals surface area contributed by atoms with Crippen LogP contribution in [0.5, 0.6) is 5.75 Å². The lowest BCUT2D eigenvalue weighted by Crippen LogP contribution is -2.35. The van der Waals surface area contributed by atoms with Crippen molar-refractivity contribution in [3.05, 3.63) is 59.5 Å². The van der Waals surface area contributed by atoms with Crippen LogP contribution in [0.1, 0.15) is 21.8 Å². The summed E-state index contributed by atoms with van der Waals surface area (Å²) in [5.41, 5.74) is 3.42. The van der Waals surface area contributed by atoms with Crippen LogP contribution in [0.4, 0.5) is 5.69 Å². The highest BCUT2D eigenvalue weighted by atomic mass is 16.5. The minimum atomic E-state index is -0.445. The van der Waals surface area contributed by atoms with Gasteiger partial charge in [0, 0.05) is 19.2 Å². The molecule has 8 heteroatoms. The van der Waals surface area contributed by atoms with Crippen molar-refractivity contribution in [2.75, 3.05) is 18.6 Å². The SMILES string of the molecule is Cc1ccc(CNC(=O)c2nc(-c3ccc4c(c3)OCC(=O)N4C)no2)cc1. The molecule has 28 heavy (non-hydrogen) atoms. The molecule has 8 nitrogen and oxygen atoms in total. The van der Waals surface area contributed by atoms with Crippen LogP contribution in [0.25, 0.3) is 11.4 Å². The largest absolute Gasteiger partial charge is 0.482 e. The normalized spacial score (nSPS) is 13.1. The fraction of sp³-hybridized carbons (Fsp3) is 0.200. The molecule has 2 aromatic carbocycles. The van der Waals surface area contributed by atoms with Crippen molar-refractivity contribution in [2.45, 2.75) is 13.5 Å². The van der Waals surface area contributed by atoms with E-state index in [1.54, 1.807) is 25.2 Å². The van der Waals surface area contributed by atoms with Crippen LogP contribution in [0, 0.1) is 6.92 Å². The molecule has 1 aliphatic heterocycles. The summed E-state index contributed by atoms with van der Waals surface area (Å²) in [4.78, 5) is 29.6. The number of hydrogen-bond donors (Lipinski definition) is 1. The van der Waals surface area contributed by atoms with Gasteiger partial charge in [-0.05, 0) is 30.7 Å². The molecule has 4 rings (SSSR count). The topological polar surface area (TPSA) is 97.6 Å². The maximum atomic E-state index is 12.3. The zero-order chi connectivity index (χ0) is 19.7. The second-order valence-corrected chi connectivity index (χ2v) is 6.52. The number of ether oxygens (including phenoxy) is 1. The van der Waals surface area contributed by atoms with Crippen LogP contribution in [-0.2, 0) is 11.3 Å². The first-order chi connectivity index (χ1) is 13.5. The van der Waals surface area contributed by atoms with E-state index in [0.717, 1.165) is 11.1 Å². The fourth-order valence-electron chi connectivity index (χ4n) is 2.81. The number of anilines is 1. The molecule has 0 radical (unpaired) electrons. The molecule has 2 heterocycles. The number of nitrogens with zero attached hydrogens (tertiary/aromatic N) is 3. The smallest absolute Gasteiger partial charge is 0.316 e. The van der Waals surface area contributed by atoms with E-state index in [0.29, 0.717) is 23.5 Å². The maximum absolute atomic E-state index is 12.3. The van der Waals surface area contributed by atoms with Gasteiger partial charge in [0.15, 0.2) is 6.61 Å². The Kier molecular flexibility index (Phi) is 4.52. The summed E-state index contributed by atoms with van der Waals surface area (Å²) < 4.78 is 10.6. The number of likely N-dealkylation sites (N-methyl/N-ethyl adjacent to an activating group) is 1. The molecule has 0 saturated carbocycles. The lowest BCUT2D eigenvalue weighted by atomic mass is 10.1. The van der Waals surface area contributed by atoms with Gasteiger partial charge >= 0.3 is 11.8 Å². The van der Waals surface area contributed by atoms with Crippen LogP contribution >= 0.6 is 0 Å². The van der Waals surface area contributed by atoms with Gasteiger partial charge in [-0.2, -0.15) is 4.98 Å². The second kappa shape index (κ2) is 7.15. The maximum Gasteiger partial charge on any atom is 0.316 e. The minimum Gasteiger partial charge on any atom is -0.482 e. The number of amides is 2. The lowest BCUT2D eigenvalue weighted by Gasteiger charge is -2.25. The van der Waals surface area contributed by atoms with Crippen LogP contribution in [0.3, 0.4) is 0 Å². The third-order valence-electron chi connectivity index (χ3n) is 4.50. The number of nitrogens with one attached hydrogen (secondary N) is 1. The van der Waals surface area contributed by atoms with Crippen molar-refractivity contribution in [1.82, 2.24) is 15.5 Å². The summed E-state index contributed by atoms with van der Waals surface area (Å²) in [7, 11) is 1.69. The van der Waals surface area contributed by atoms with Crippen LogP contribution in [-0.4, -0.2) is 35.6 Å². The summed E-state index contributed by atoms with van der Waals surface area (Å²) in [6.45, 7) is 2.35. The summed E-state index contributed by atoms with van der Waals surface area (Å²) in [5.74, 6) is 0.139. The molecular weight excluding hydrogens is 360 g/mol. The average molecular weight is 378 g/mol. The summed E-state index contributed by atoms with van der Waals surface area (Å²) in [5, 5.41) is 6.63. The van der Waals surface area contributed by atoms with Gasteiger partial charge in [0.25, 0.3) is 5.91 Å². The minimum absolute atomic E-state index is 0.0220. The van der Waals surface area contributed by atoms with Crippen molar-refractivity contribution in [2.24, 2.45) is 0 Å². The Morgan fingerprint density at radius 3 is 2.79 bits per heavy atom. The number of rotatable bonds is 4. The molecule has 0 fully saturated rings. The van der Waals surface area contributed by atoms with Crippen molar-refractivity contribution < 1.29 is 18.8 Å². The van der Waals surface area contributed by atoms with E-state index in [4.69, 9.17) is 9.26 Å². The van der Waals surface area contributed by atoms with Crippen LogP contribution < -0.4 is 15.0 Å². The van der Waals surface area contributed by atoms with E-state index in [1.165, 1.54) is 4.90 Å². The molecule has 142 valence electrons. The fourth-order valence-corrected chi connectivity index (χ4v) is 2.81. The van der Waals surface area contributed by atoms with Crippen molar-refractivity contribution in [3.8, 4) is 17.1 Å². The molecule has 0 aliphatic carbocycles. The molecule has 1 N–H and O–H groups in total. The van der Waals surface area contributed by atoms with E-state index in [-0.39, 0.29) is 24.2 Å². The summed E-state index contributed by atoms with van der Waals surface area (Å²) >= 11 is 0. The van der Waals surface area contributed by atoms with E-state index < -0.39 is 5.91 Å². The standard InChI is InChI=1S/C20H18N4O4/c1-12-3-5-13(6-4-12)10-21-19(26)20-22-18(23-28-20)14-7-8-15-16(9-14)27-11-17(25)24(15)2/h3-9H,10-11H2,1-2H3,(H,21,26). The Morgan fingerprint density at radius 2 is 2.00 bits per heavy atom. The first-order valence-corrected chi connectivity index (χ1v) is 8.72. The van der Waals surface area contributed by atoms with E-state index >= 15 is 0 Å². The molecule has 0 bridgehead atoms. The molecule has 3 aromatic rings. The molecular formula is C20H18N4O4. The van der Waals surface area contributed by atoms with Gasteiger partial charge in [0.05, 0.1) is 5.69 Å². The zero-order valence-corrected chi connectivity index (χ0v) is 15.4. The lowest BCUT2D eigenvalue weighted by molar-refractivity contribution is -0.120. The van der Waals surface area contributed by atoms with E-state index in [9.17, 15) is 9.59 Å². The third kappa shape index (κ3) is 3.44. The first kappa shape index (κ1) is 17.7. The molecule has 0 spiro atoms. The monoisotopic (exact) mass is 378 g/mol. The first-order valence-electron chi connectivity index (χ1n) is 8.72. The van der Waals surface area contributed by atoms with Gasteiger partial charge < -0.3 is 19.5 Å². The number of hydrogen-bond acceptors (Lipinski definition) is 6. The van der Waals surface area contributed by atoms with Gasteiger partial charge in [0.1, 0.15) is 5.75 Å². The third-order valence-corrected chi connectivity index (χ3v) is 4.50. The summed E-state index contributed by atoms with van der Waals surface area (Å²) in [6.07, 6.45) is 0. The molecule has 0 unspecified atom stereocenters. The molecule has 1 aliphatic rings. The second-order valence-electron chi connectivity index (χ2n) is 6.52. The highest BCUT2D eigenvalue weighted by Crippen LogP contribution is 2.34. The van der Waals surface area contributed by atoms with Gasteiger partial charge in [-0.25, -0.2) is 0 Å². The van der Waals surface area contributed by atoms with Gasteiger partial charge in [-0.3, -0.25) is 9.59 Å². The van der Waals surface area contributed by atoms with Crippen molar-refractivity contribution in [1.29, 1.82) is 0 Å². The van der Waals surface area contributed by atoms with Crippen molar-refractivity contribution >= 4 is 17.5 Å². The zero-order valence-electron chi connectivity index (χ0n) is 15.4. The quantitative estimate of drug-likeness (QED) is 0.748. The number of fused-ring (bicyclic) bond motifs is 1. The Labute approximate surface area is 161 Å². The molecule has 1 aromatic heterocycles. The van der Waals surface area contributed by atoms with Crippen LogP contribution in [0.15, 0.2) is 47.0 Å². The summed E-state index contributed by atoms with van der Waals surface area (Å²) in [6, 6.07) is 13.1. The Hall–Kier alpha value is -3.68. The Balaban J connectivity index is 1.47. The van der Waals surface area contributed by atoms with E-state index in [1.807, 2.05) is 31.2 Å². The highest BCUT2D eigenvalue weighted by Gasteiger charge is 2.23. The molecule has 2 amide bonds. The van der Waals surface area contributed by atoms with Gasteiger partial charge in [-0.1, -0.05) is 35.0 Å². The highest BCUT2D eigenvalue weighted by molar-refractivity contribution is 5.97. The predicted molar refractivity (Wildman–Crippen MR) is 101 cm³/mol. The van der Waals surface area contributed by atoms with E-state index in [2.05, 4.69) is 15.5 Å². The number of carbonyl (C=O) groups excluding carboxylic acids is 2. The van der Waals surface area contributed by atoms with Gasteiger partial charge in [-0.15, -0.1) is 0 Å². The molecule has 0 saturated heterocycles. The number of aryl methyl sites for hydroxylation is 1. The number of aromatic nitrogens is 2. The van der Waals surface area contributed by atoms with Crippen LogP contribution in [0.2, 0.25) is 0 Å². The number of carbonyl (C=O) groups is 2. The average Bonchev–Trinajstić information content (AvgIpc) is 3.20. The van der Waals surface area contributed by atoms with Crippen molar-refractivity contribution in [3.63, 3.8) is 0 Å². The predicted octanol–water partition coefficient (Wildman–Crippen LogP) is 2.33. The number of benzene rings is 2. The Bertz CT molecular complexity index is 1040. The molecule has 0 atom stereocenters.